The number of nitro groups is 1. The zero-order chi connectivity index (χ0) is 17.7. The predicted molar refractivity (Wildman–Crippen MR) is 99.4 cm³/mol. The van der Waals surface area contributed by atoms with Crippen molar-refractivity contribution in [1.82, 2.24) is 0 Å². The van der Waals surface area contributed by atoms with Crippen LogP contribution >= 0.6 is 46.6 Å². The van der Waals surface area contributed by atoms with Gasteiger partial charge in [-0.1, -0.05) is 40.9 Å². The van der Waals surface area contributed by atoms with Crippen LogP contribution in [0.2, 0.25) is 15.1 Å². The number of halogens is 3. The van der Waals surface area contributed by atoms with Gasteiger partial charge in [0.1, 0.15) is 0 Å². The monoisotopic (exact) mass is 404 g/mol. The lowest BCUT2D eigenvalue weighted by molar-refractivity contribution is -0.384. The Bertz CT molecular complexity index is 766. The Kier molecular flexibility index (Phi) is 6.74. The fourth-order valence-electron chi connectivity index (χ4n) is 1.82. The Balaban J connectivity index is 1.91. The summed E-state index contributed by atoms with van der Waals surface area (Å²) in [6.07, 6.45) is 0. The highest BCUT2D eigenvalue weighted by molar-refractivity contribution is 7.99. The van der Waals surface area contributed by atoms with E-state index in [0.29, 0.717) is 21.5 Å². The molecular formula is C15H11Cl3N2O3S. The van der Waals surface area contributed by atoms with Gasteiger partial charge in [0, 0.05) is 27.9 Å². The molecule has 0 spiro atoms. The molecule has 0 aromatic heterocycles. The Hall–Kier alpha value is -1.47. The average molecular weight is 406 g/mol. The second kappa shape index (κ2) is 8.58. The highest BCUT2D eigenvalue weighted by Gasteiger charge is 2.12. The Morgan fingerprint density at radius 3 is 2.38 bits per heavy atom. The molecule has 0 heterocycles. The van der Waals surface area contributed by atoms with E-state index in [-0.39, 0.29) is 22.4 Å². The topological polar surface area (TPSA) is 72.2 Å². The van der Waals surface area contributed by atoms with Crippen LogP contribution in [0.15, 0.2) is 36.4 Å². The maximum Gasteiger partial charge on any atom is 0.271 e. The van der Waals surface area contributed by atoms with Crippen molar-refractivity contribution in [2.24, 2.45) is 0 Å². The van der Waals surface area contributed by atoms with Crippen LogP contribution in [0.25, 0.3) is 0 Å². The van der Waals surface area contributed by atoms with Gasteiger partial charge < -0.3 is 5.32 Å². The highest BCUT2D eigenvalue weighted by atomic mass is 35.5. The lowest BCUT2D eigenvalue weighted by atomic mass is 10.2. The van der Waals surface area contributed by atoms with Crippen molar-refractivity contribution in [2.45, 2.75) is 5.75 Å². The van der Waals surface area contributed by atoms with Gasteiger partial charge in [0.05, 0.1) is 21.4 Å². The van der Waals surface area contributed by atoms with Crippen LogP contribution in [0.4, 0.5) is 11.4 Å². The van der Waals surface area contributed by atoms with Crippen molar-refractivity contribution in [2.75, 3.05) is 11.1 Å². The predicted octanol–water partition coefficient (Wildman–Crippen LogP) is 5.43. The minimum atomic E-state index is -0.555. The molecule has 1 N–H and O–H groups in total. The third-order valence-electron chi connectivity index (χ3n) is 2.98. The first-order valence-corrected chi connectivity index (χ1v) is 8.91. The molecule has 0 fully saturated rings. The Labute approximate surface area is 157 Å². The third kappa shape index (κ3) is 5.01. The number of amides is 1. The number of benzene rings is 2. The maximum atomic E-state index is 12.0. The summed E-state index contributed by atoms with van der Waals surface area (Å²) in [6.45, 7) is 0. The lowest BCUT2D eigenvalue weighted by Crippen LogP contribution is -2.14. The molecule has 0 saturated heterocycles. The minimum Gasteiger partial charge on any atom is -0.324 e. The Morgan fingerprint density at radius 1 is 1.12 bits per heavy atom. The summed E-state index contributed by atoms with van der Waals surface area (Å²) in [6, 6.07) is 9.09. The average Bonchev–Trinajstić information content (AvgIpc) is 2.52. The van der Waals surface area contributed by atoms with Gasteiger partial charge in [-0.25, -0.2) is 0 Å². The van der Waals surface area contributed by atoms with E-state index in [2.05, 4.69) is 5.32 Å². The van der Waals surface area contributed by atoms with E-state index >= 15 is 0 Å². The minimum absolute atomic E-state index is 0.108. The van der Waals surface area contributed by atoms with Gasteiger partial charge in [-0.05, 0) is 23.8 Å². The van der Waals surface area contributed by atoms with Crippen molar-refractivity contribution in [3.05, 3.63) is 67.1 Å². The number of rotatable bonds is 6. The first kappa shape index (κ1) is 18.9. The normalized spacial score (nSPS) is 10.5. The number of nitrogens with one attached hydrogen (secondary N) is 1. The van der Waals surface area contributed by atoms with E-state index in [1.807, 2.05) is 0 Å². The summed E-state index contributed by atoms with van der Waals surface area (Å²) in [5.74, 6) is 0.369. The molecule has 0 aliphatic rings. The number of anilines is 1. The van der Waals surface area contributed by atoms with Gasteiger partial charge in [-0.2, -0.15) is 0 Å². The molecular weight excluding hydrogens is 395 g/mol. The molecule has 24 heavy (non-hydrogen) atoms. The zero-order valence-corrected chi connectivity index (χ0v) is 15.2. The second-order valence-electron chi connectivity index (χ2n) is 4.66. The van der Waals surface area contributed by atoms with Crippen LogP contribution in [-0.4, -0.2) is 16.6 Å². The van der Waals surface area contributed by atoms with Gasteiger partial charge in [0.2, 0.25) is 5.91 Å². The largest absolute Gasteiger partial charge is 0.324 e. The van der Waals surface area contributed by atoms with Gasteiger partial charge in [0.25, 0.3) is 5.69 Å². The van der Waals surface area contributed by atoms with Crippen LogP contribution in [-0.2, 0) is 10.5 Å². The molecule has 0 bridgehead atoms. The van der Waals surface area contributed by atoms with E-state index in [9.17, 15) is 14.9 Å². The number of hydrogen-bond acceptors (Lipinski definition) is 4. The van der Waals surface area contributed by atoms with E-state index in [1.165, 1.54) is 30.0 Å². The molecule has 0 aliphatic heterocycles. The van der Waals surface area contributed by atoms with Crippen LogP contribution < -0.4 is 5.32 Å². The molecule has 1 amide bonds. The molecule has 0 saturated carbocycles. The molecule has 5 nitrogen and oxygen atoms in total. The first-order chi connectivity index (χ1) is 11.4. The molecule has 0 unspecified atom stereocenters. The molecule has 0 aliphatic carbocycles. The summed E-state index contributed by atoms with van der Waals surface area (Å²) in [7, 11) is 0. The van der Waals surface area contributed by atoms with Crippen molar-refractivity contribution < 1.29 is 9.72 Å². The molecule has 9 heteroatoms. The molecule has 126 valence electrons. The summed E-state index contributed by atoms with van der Waals surface area (Å²) < 4.78 is 0. The van der Waals surface area contributed by atoms with Crippen LogP contribution in [0.5, 0.6) is 0 Å². The number of non-ortho nitro benzene ring substituents is 1. The summed E-state index contributed by atoms with van der Waals surface area (Å²) >= 11 is 19.4. The zero-order valence-electron chi connectivity index (χ0n) is 12.1. The molecule has 2 aromatic carbocycles. The van der Waals surface area contributed by atoms with Crippen LogP contribution in [0.3, 0.4) is 0 Å². The van der Waals surface area contributed by atoms with Crippen molar-refractivity contribution in [3.8, 4) is 0 Å². The summed E-state index contributed by atoms with van der Waals surface area (Å²) in [5.41, 5.74) is 0.955. The van der Waals surface area contributed by atoms with E-state index in [0.717, 1.165) is 5.56 Å². The van der Waals surface area contributed by atoms with Crippen LogP contribution in [0.1, 0.15) is 5.56 Å². The summed E-state index contributed by atoms with van der Waals surface area (Å²) in [4.78, 5) is 22.1. The van der Waals surface area contributed by atoms with Crippen molar-refractivity contribution in [3.63, 3.8) is 0 Å². The van der Waals surface area contributed by atoms with Gasteiger partial charge in [0.15, 0.2) is 0 Å². The van der Waals surface area contributed by atoms with Gasteiger partial charge >= 0.3 is 0 Å². The van der Waals surface area contributed by atoms with Crippen molar-refractivity contribution >= 4 is 63.8 Å². The molecule has 0 radical (unpaired) electrons. The number of carbonyl (C=O) groups is 1. The molecule has 0 atom stereocenters. The number of hydrogen-bond donors (Lipinski definition) is 1. The number of nitro benzene ring substituents is 1. The lowest BCUT2D eigenvalue weighted by Gasteiger charge is -2.08. The second-order valence-corrected chi connectivity index (χ2v) is 6.87. The Morgan fingerprint density at radius 2 is 1.79 bits per heavy atom. The fourth-order valence-corrected chi connectivity index (χ4v) is 3.61. The first-order valence-electron chi connectivity index (χ1n) is 6.63. The quantitative estimate of drug-likeness (QED) is 0.514. The summed E-state index contributed by atoms with van der Waals surface area (Å²) in [5, 5.41) is 14.5. The number of thioether (sulfide) groups is 1. The number of carbonyl (C=O) groups excluding carboxylic acids is 1. The van der Waals surface area contributed by atoms with Crippen LogP contribution in [0, 0.1) is 10.1 Å². The molecule has 2 rings (SSSR count). The number of nitrogens with zero attached hydrogens (tertiary/aromatic N) is 1. The maximum absolute atomic E-state index is 12.0. The van der Waals surface area contributed by atoms with E-state index in [4.69, 9.17) is 34.8 Å². The standard InChI is InChI=1S/C15H11Cl3N2O3S/c16-11-2-1-3-12(17)10(11)7-24-8-15(21)19-14-5-4-9(20(22)23)6-13(14)18/h1-6H,7-8H2,(H,19,21). The molecule has 2 aromatic rings. The SMILES string of the molecule is O=C(CSCc1c(Cl)cccc1Cl)Nc1ccc([N+](=O)[O-])cc1Cl. The van der Waals surface area contributed by atoms with E-state index in [1.54, 1.807) is 18.2 Å². The van der Waals surface area contributed by atoms with E-state index < -0.39 is 4.92 Å². The fraction of sp³-hybridized carbons (Fsp3) is 0.133. The third-order valence-corrected chi connectivity index (χ3v) is 4.96. The smallest absolute Gasteiger partial charge is 0.271 e. The van der Waals surface area contributed by atoms with Crippen molar-refractivity contribution in [1.29, 1.82) is 0 Å². The highest BCUT2D eigenvalue weighted by Crippen LogP contribution is 2.29. The van der Waals surface area contributed by atoms with Gasteiger partial charge in [-0.3, -0.25) is 14.9 Å². The van der Waals surface area contributed by atoms with Gasteiger partial charge in [-0.15, -0.1) is 11.8 Å².